The zero-order valence-electron chi connectivity index (χ0n) is 41.6. The summed E-state index contributed by atoms with van der Waals surface area (Å²) in [6, 6.07) is 0. The first-order valence-electron chi connectivity index (χ1n) is 24.5. The number of hydrogen-bond donors (Lipinski definition) is 20. The fourth-order valence-corrected chi connectivity index (χ4v) is 10.00. The molecule has 14 atom stereocenters. The summed E-state index contributed by atoms with van der Waals surface area (Å²) in [6.45, 7) is -1.40. The lowest BCUT2D eigenvalue weighted by molar-refractivity contribution is -0.140. The van der Waals surface area contributed by atoms with Crippen LogP contribution in [-0.2, 0) is 35.0 Å². The number of ether oxygens (including phenoxy) is 4. The molecule has 436 valence electrons. The molecule has 0 aliphatic carbocycles. The van der Waals surface area contributed by atoms with E-state index in [-0.39, 0.29) is 135 Å². The molecule has 4 fully saturated rings. The molecular formula is C42H58N18O20. The molecule has 38 nitrogen and oxygen atoms in total. The molecule has 0 bridgehead atoms. The van der Waals surface area contributed by atoms with Crippen LogP contribution in [0.4, 0.5) is 23.5 Å². The van der Waals surface area contributed by atoms with Gasteiger partial charge >= 0.3 is 11.4 Å². The monoisotopic (exact) mass is 1130 g/mol. The number of carbonyl (C=O) groups excluding carboxylic acids is 2. The molecule has 0 aromatic carbocycles. The van der Waals surface area contributed by atoms with Crippen molar-refractivity contribution in [3.05, 3.63) is 64.3 Å². The third-order valence-corrected chi connectivity index (χ3v) is 13.8. The van der Waals surface area contributed by atoms with Gasteiger partial charge in [0.25, 0.3) is 11.1 Å². The Bertz CT molecular complexity index is 3350. The molecular weight excluding hydrogens is 1080 g/mol. The summed E-state index contributed by atoms with van der Waals surface area (Å²) in [4.78, 5) is 98.8. The minimum atomic E-state index is -1.26. The second kappa shape index (κ2) is 22.8. The number of amides is 2. The Hall–Kier alpha value is -7.70. The van der Waals surface area contributed by atoms with Crippen LogP contribution in [0.15, 0.2) is 40.6 Å². The summed E-state index contributed by atoms with van der Waals surface area (Å²) in [5.41, 5.74) is 20.7. The molecule has 38 heteroatoms. The van der Waals surface area contributed by atoms with E-state index in [1.54, 1.807) is 0 Å². The van der Waals surface area contributed by atoms with Crippen LogP contribution >= 0.6 is 0 Å². The maximum atomic E-state index is 12.1. The number of nitrogen functional groups attached to an aromatic ring is 2. The number of carbonyl (C=O) groups is 2. The Morgan fingerprint density at radius 1 is 0.525 bits per heavy atom. The number of H-pyrrole nitrogens is 4. The Morgan fingerprint density at radius 2 is 0.988 bits per heavy atom. The Balaban J connectivity index is 0.000000129. The van der Waals surface area contributed by atoms with Gasteiger partial charge in [0.15, 0.2) is 41.4 Å². The van der Waals surface area contributed by atoms with E-state index in [9.17, 15) is 59.4 Å². The Morgan fingerprint density at radius 3 is 1.55 bits per heavy atom. The summed E-state index contributed by atoms with van der Waals surface area (Å²) in [7, 11) is 0. The predicted molar refractivity (Wildman–Crippen MR) is 266 cm³/mol. The second-order valence-electron chi connectivity index (χ2n) is 19.0. The quantitative estimate of drug-likeness (QED) is 0.0779. The molecule has 12 rings (SSSR count). The smallest absolute Gasteiger partial charge is 0.329 e. The number of aliphatic imine (C=N–C) groups is 2. The van der Waals surface area contributed by atoms with Gasteiger partial charge in [-0.3, -0.25) is 48.5 Å². The van der Waals surface area contributed by atoms with E-state index in [2.05, 4.69) is 50.5 Å². The van der Waals surface area contributed by atoms with E-state index in [0.717, 1.165) is 4.57 Å². The summed E-state index contributed by atoms with van der Waals surface area (Å²) < 4.78 is 24.0. The molecule has 8 aliphatic rings. The maximum Gasteiger partial charge on any atom is 0.329 e. The summed E-state index contributed by atoms with van der Waals surface area (Å²) in [5, 5.41) is 100. The standard InChI is InChI=1S/C11H16N4O5.C11H14N4O5.C10H15N5O5.C10H13N5O5/c2*12-11-13-9-4(10(19)14-11)1-7(18)15(9)8-2-5(17)6(3-16)20-8;2*11-9-13-7-6(8(18)14-9)12-10(19)15(7)5-1-3(17)4(2-16)20-5/h5-6,8,10,16-17,19H,1-3H2,(H3,12,13,14);5-6,8,16-17H,1-3H2,(H3,12,13,14,19);3-5,8,16-18H,1-2H2,(H,12,19)(H3,11,13,14);3-5,16-17H,1-2H2,(H,12,19)(H3,11,13,14,18). The zero-order chi connectivity index (χ0) is 57.8. The van der Waals surface area contributed by atoms with E-state index >= 15 is 0 Å². The van der Waals surface area contributed by atoms with Crippen molar-refractivity contribution in [2.45, 2.75) is 125 Å². The van der Waals surface area contributed by atoms with Crippen LogP contribution in [0.5, 0.6) is 0 Å². The van der Waals surface area contributed by atoms with Gasteiger partial charge in [-0.25, -0.2) is 24.1 Å². The highest BCUT2D eigenvalue weighted by Crippen LogP contribution is 2.37. The van der Waals surface area contributed by atoms with Crippen LogP contribution in [0.1, 0.15) is 62.0 Å². The topological polar surface area (TPSA) is 600 Å². The first-order valence-corrected chi connectivity index (χ1v) is 24.5. The number of aromatic nitrogens is 8. The molecule has 14 unspecified atom stereocenters. The van der Waals surface area contributed by atoms with E-state index in [4.69, 9.17) is 62.3 Å². The number of nitrogens with zero attached hydrogens (tertiary/aromatic N) is 8. The molecule has 4 saturated heterocycles. The van der Waals surface area contributed by atoms with Gasteiger partial charge in [0.1, 0.15) is 66.7 Å². The van der Waals surface area contributed by atoms with Gasteiger partial charge in [-0.15, -0.1) is 0 Å². The molecule has 8 aliphatic heterocycles. The van der Waals surface area contributed by atoms with Crippen LogP contribution in [0, 0.1) is 0 Å². The zero-order valence-corrected chi connectivity index (χ0v) is 41.6. The van der Waals surface area contributed by atoms with Crippen LogP contribution < -0.4 is 61.0 Å². The first-order chi connectivity index (χ1) is 38.0. The van der Waals surface area contributed by atoms with Gasteiger partial charge in [-0.1, -0.05) is 0 Å². The SMILES string of the molecule is NC1=NC(O)C2=C(N1)N(C1CC(O)C(CO)O1)C(=O)C2.NC1=NC(O)c2[nH]c(=O)n(C3CC(O)C(CO)O3)c2N1.Nc1nc2c([nH]c(=O)n2C2CC(O)C(CO)O2)c(=O)[nH]1.Nc1nc2c(c(=O)[nH]1)CC(=O)N2C1CC(O)C(CO)O1. The van der Waals surface area contributed by atoms with Crippen molar-refractivity contribution < 1.29 is 79.6 Å². The fourth-order valence-electron chi connectivity index (χ4n) is 10.00. The molecule has 80 heavy (non-hydrogen) atoms. The average molecular weight is 1140 g/mol. The predicted octanol–water partition coefficient (Wildman–Crippen LogP) is -9.97. The number of anilines is 4. The number of aromatic amines is 4. The lowest BCUT2D eigenvalue weighted by atomic mass is 10.2. The van der Waals surface area contributed by atoms with Crippen LogP contribution in [0.25, 0.3) is 11.2 Å². The summed E-state index contributed by atoms with van der Waals surface area (Å²) in [6.07, 6.45) is -11.5. The van der Waals surface area contributed by atoms with Gasteiger partial charge in [0, 0.05) is 31.3 Å². The largest absolute Gasteiger partial charge is 0.394 e. The molecule has 12 heterocycles. The van der Waals surface area contributed by atoms with Gasteiger partial charge in [0.05, 0.1) is 69.2 Å². The van der Waals surface area contributed by atoms with Gasteiger partial charge < -0.3 is 109 Å². The fraction of sp³-hybridized carbons (Fsp3) is 0.571. The van der Waals surface area contributed by atoms with Crippen molar-refractivity contribution >= 4 is 58.4 Å². The molecule has 4 aromatic heterocycles. The lowest BCUT2D eigenvalue weighted by Gasteiger charge is -2.29. The number of imidazole rings is 2. The van der Waals surface area contributed by atoms with E-state index in [1.165, 1.54) is 14.4 Å². The van der Waals surface area contributed by atoms with Crippen LogP contribution in [0.2, 0.25) is 0 Å². The van der Waals surface area contributed by atoms with E-state index in [0.29, 0.717) is 11.4 Å². The van der Waals surface area contributed by atoms with Crippen LogP contribution in [-0.4, -0.2) is 213 Å². The van der Waals surface area contributed by atoms with Gasteiger partial charge in [-0.05, 0) is 0 Å². The molecule has 0 saturated carbocycles. The summed E-state index contributed by atoms with van der Waals surface area (Å²) >= 11 is 0. The number of hydrogen-bond acceptors (Lipinski definition) is 30. The van der Waals surface area contributed by atoms with Crippen molar-refractivity contribution in [1.82, 2.24) is 49.3 Å². The minimum absolute atomic E-state index is 0.00760. The maximum absolute atomic E-state index is 12.1. The normalized spacial score (nSPS) is 31.3. The number of guanidine groups is 2. The third-order valence-electron chi connectivity index (χ3n) is 13.8. The third kappa shape index (κ3) is 10.9. The highest BCUT2D eigenvalue weighted by atomic mass is 16.6. The number of nitrogens with one attached hydrogen (secondary N) is 6. The van der Waals surface area contributed by atoms with Crippen molar-refractivity contribution in [2.75, 3.05) is 48.1 Å². The lowest BCUT2D eigenvalue weighted by Crippen LogP contribution is -2.46. The first kappa shape index (κ1) is 57.0. The number of aliphatic hydroxyl groups excluding tert-OH is 10. The van der Waals surface area contributed by atoms with Gasteiger partial charge in [-0.2, -0.15) is 9.97 Å². The van der Waals surface area contributed by atoms with Crippen molar-refractivity contribution in [2.24, 2.45) is 21.5 Å². The number of nitrogens with two attached hydrogens (primary N) is 4. The van der Waals surface area contributed by atoms with Crippen molar-refractivity contribution in [1.29, 1.82) is 0 Å². The van der Waals surface area contributed by atoms with Crippen molar-refractivity contribution in [3.63, 3.8) is 0 Å². The van der Waals surface area contributed by atoms with Gasteiger partial charge in [0.2, 0.25) is 23.7 Å². The van der Waals surface area contributed by atoms with Crippen molar-refractivity contribution in [3.8, 4) is 0 Å². The number of fused-ring (bicyclic) bond motifs is 3. The Kier molecular flexibility index (Phi) is 16.3. The Labute approximate surface area is 445 Å². The molecule has 0 spiro atoms. The molecule has 2 amide bonds. The highest BCUT2D eigenvalue weighted by Gasteiger charge is 2.47. The van der Waals surface area contributed by atoms with Crippen LogP contribution in [0.3, 0.4) is 0 Å². The van der Waals surface area contributed by atoms with E-state index < -0.39 is 109 Å². The second-order valence-corrected chi connectivity index (χ2v) is 19.0. The molecule has 0 radical (unpaired) electrons. The highest BCUT2D eigenvalue weighted by molar-refractivity contribution is 6.00. The average Bonchev–Trinajstić information content (AvgIpc) is 4.36. The number of rotatable bonds is 8. The molecule has 4 aromatic rings. The number of aliphatic hydroxyl groups is 10. The molecule has 24 N–H and O–H groups in total. The summed E-state index contributed by atoms with van der Waals surface area (Å²) in [5.74, 6) is -0.119. The van der Waals surface area contributed by atoms with E-state index in [1.807, 2.05) is 0 Å². The minimum Gasteiger partial charge on any atom is -0.394 e.